The Morgan fingerprint density at radius 1 is 1.36 bits per heavy atom. The smallest absolute Gasteiger partial charge is 0.221 e. The van der Waals surface area contributed by atoms with Crippen molar-refractivity contribution in [3.05, 3.63) is 40.9 Å². The summed E-state index contributed by atoms with van der Waals surface area (Å²) in [4.78, 5) is 10.8. The minimum atomic E-state index is -0.127. The van der Waals surface area contributed by atoms with Gasteiger partial charge in [-0.15, -0.1) is 0 Å². The van der Waals surface area contributed by atoms with Crippen LogP contribution in [0.5, 0.6) is 0 Å². The van der Waals surface area contributed by atoms with E-state index in [1.165, 1.54) is 18.0 Å². The van der Waals surface area contributed by atoms with Crippen molar-refractivity contribution in [1.82, 2.24) is 5.32 Å². The molecule has 2 nitrogen and oxygen atoms in total. The Morgan fingerprint density at radius 2 is 1.93 bits per heavy atom. The molecule has 0 saturated heterocycles. The molecule has 74 valence electrons. The van der Waals surface area contributed by atoms with Crippen LogP contribution < -0.4 is 5.32 Å². The molecule has 1 rings (SSSR count). The summed E-state index contributed by atoms with van der Waals surface area (Å²) in [6.45, 7) is 3.46. The molecule has 1 N–H and O–H groups in total. The van der Waals surface area contributed by atoms with E-state index in [0.29, 0.717) is 5.70 Å². The van der Waals surface area contributed by atoms with Crippen LogP contribution in [0.4, 0.5) is 0 Å². The maximum absolute atomic E-state index is 10.8. The molecule has 1 aromatic rings. The van der Waals surface area contributed by atoms with Gasteiger partial charge in [-0.2, -0.15) is 0 Å². The van der Waals surface area contributed by atoms with E-state index in [1.807, 2.05) is 31.2 Å². The lowest BCUT2D eigenvalue weighted by Crippen LogP contribution is -2.17. The number of nitrogens with one attached hydrogen (secondary N) is 1. The lowest BCUT2D eigenvalue weighted by molar-refractivity contribution is -0.117. The second kappa shape index (κ2) is 4.82. The Balaban J connectivity index is 2.91. The third-order valence-electron chi connectivity index (χ3n) is 1.78. The summed E-state index contributed by atoms with van der Waals surface area (Å²) in [6.07, 6.45) is 0. The van der Waals surface area contributed by atoms with Gasteiger partial charge in [0.25, 0.3) is 0 Å². The monoisotopic (exact) mass is 209 g/mol. The van der Waals surface area contributed by atoms with Crippen LogP contribution in [0.25, 0.3) is 5.70 Å². The lowest BCUT2D eigenvalue weighted by atomic mass is 10.1. The molecular formula is C11H12ClNO. The molecule has 14 heavy (non-hydrogen) atoms. The molecule has 0 saturated carbocycles. The number of hydrogen-bond acceptors (Lipinski definition) is 1. The summed E-state index contributed by atoms with van der Waals surface area (Å²) in [5.41, 5.74) is 4.07. The average molecular weight is 210 g/mol. The van der Waals surface area contributed by atoms with Gasteiger partial charge in [-0.25, -0.2) is 0 Å². The van der Waals surface area contributed by atoms with Gasteiger partial charge < -0.3 is 5.32 Å². The summed E-state index contributed by atoms with van der Waals surface area (Å²) in [7, 11) is 0. The first kappa shape index (κ1) is 10.8. The van der Waals surface area contributed by atoms with E-state index < -0.39 is 0 Å². The van der Waals surface area contributed by atoms with Crippen LogP contribution >= 0.6 is 11.6 Å². The summed E-state index contributed by atoms with van der Waals surface area (Å²) < 4.78 is 0. The first-order valence-corrected chi connectivity index (χ1v) is 4.72. The van der Waals surface area contributed by atoms with Crippen LogP contribution in [-0.2, 0) is 4.79 Å². The first-order valence-electron chi connectivity index (χ1n) is 4.28. The third kappa shape index (κ3) is 2.89. The van der Waals surface area contributed by atoms with Gasteiger partial charge in [-0.3, -0.25) is 4.79 Å². The minimum Gasteiger partial charge on any atom is -0.325 e. The van der Waals surface area contributed by atoms with Gasteiger partial charge in [0, 0.05) is 12.5 Å². The fourth-order valence-corrected chi connectivity index (χ4v) is 1.27. The maximum Gasteiger partial charge on any atom is 0.221 e. The third-order valence-corrected chi connectivity index (χ3v) is 2.00. The Kier molecular flexibility index (Phi) is 3.72. The lowest BCUT2D eigenvalue weighted by Gasteiger charge is -2.06. The van der Waals surface area contributed by atoms with E-state index in [4.69, 9.17) is 11.6 Å². The molecule has 3 heteroatoms. The second-order valence-corrected chi connectivity index (χ2v) is 3.29. The predicted octanol–water partition coefficient (Wildman–Crippen LogP) is 2.67. The van der Waals surface area contributed by atoms with E-state index >= 15 is 0 Å². The Bertz CT molecular complexity index is 354. The van der Waals surface area contributed by atoms with Crippen molar-refractivity contribution in [3.63, 3.8) is 0 Å². The zero-order valence-electron chi connectivity index (χ0n) is 8.17. The van der Waals surface area contributed by atoms with Crippen molar-refractivity contribution in [2.75, 3.05) is 0 Å². The molecule has 0 atom stereocenters. The predicted molar refractivity (Wildman–Crippen MR) is 58.8 cm³/mol. The summed E-state index contributed by atoms with van der Waals surface area (Å²) in [5.74, 6) is -0.127. The van der Waals surface area contributed by atoms with Crippen LogP contribution in [0.3, 0.4) is 0 Å². The van der Waals surface area contributed by atoms with Crippen molar-refractivity contribution in [2.24, 2.45) is 0 Å². The van der Waals surface area contributed by atoms with Gasteiger partial charge in [-0.05, 0) is 12.5 Å². The summed E-state index contributed by atoms with van der Waals surface area (Å²) >= 11 is 5.61. The number of hydrogen-bond donors (Lipinski definition) is 1. The van der Waals surface area contributed by atoms with Gasteiger partial charge in [0.05, 0.1) is 5.70 Å². The molecule has 0 aromatic heterocycles. The second-order valence-electron chi connectivity index (χ2n) is 3.07. The molecule has 1 aromatic carbocycles. The number of aryl methyl sites for hydroxylation is 1. The highest BCUT2D eigenvalue weighted by Gasteiger charge is 2.01. The molecule has 0 aliphatic rings. The zero-order valence-corrected chi connectivity index (χ0v) is 8.93. The number of carbonyl (C=O) groups is 1. The van der Waals surface area contributed by atoms with Crippen LogP contribution in [0, 0.1) is 6.92 Å². The maximum atomic E-state index is 10.8. The fraction of sp³-hybridized carbons (Fsp3) is 0.182. The highest BCUT2D eigenvalue weighted by atomic mass is 35.5. The molecule has 0 bridgehead atoms. The Morgan fingerprint density at radius 3 is 2.36 bits per heavy atom. The highest BCUT2D eigenvalue weighted by Crippen LogP contribution is 2.13. The van der Waals surface area contributed by atoms with Crippen LogP contribution in [0.15, 0.2) is 29.8 Å². The van der Waals surface area contributed by atoms with E-state index in [1.54, 1.807) is 0 Å². The van der Waals surface area contributed by atoms with Crippen molar-refractivity contribution < 1.29 is 4.79 Å². The number of rotatable bonds is 2. The van der Waals surface area contributed by atoms with Crippen molar-refractivity contribution in [1.29, 1.82) is 0 Å². The SMILES string of the molecule is CC(=O)N/C(=C\Cl)c1ccc(C)cc1. The molecule has 0 unspecified atom stereocenters. The molecular weight excluding hydrogens is 198 g/mol. The van der Waals surface area contributed by atoms with Crippen LogP contribution in [0.2, 0.25) is 0 Å². The first-order chi connectivity index (χ1) is 6.63. The van der Waals surface area contributed by atoms with Gasteiger partial charge in [0.2, 0.25) is 5.91 Å². The zero-order chi connectivity index (χ0) is 10.6. The molecule has 0 fully saturated rings. The Hall–Kier alpha value is -1.28. The largest absolute Gasteiger partial charge is 0.325 e. The van der Waals surface area contributed by atoms with Crippen molar-refractivity contribution in [2.45, 2.75) is 13.8 Å². The molecule has 0 spiro atoms. The molecule has 0 aliphatic heterocycles. The van der Waals surface area contributed by atoms with Gasteiger partial charge in [0.1, 0.15) is 0 Å². The van der Waals surface area contributed by atoms with Crippen LogP contribution in [0.1, 0.15) is 18.1 Å². The standard InChI is InChI=1S/C11H12ClNO/c1-8-3-5-10(6-4-8)11(7-12)13-9(2)14/h3-7H,1-2H3,(H,13,14)/b11-7-. The van der Waals surface area contributed by atoms with E-state index in [9.17, 15) is 4.79 Å². The summed E-state index contributed by atoms with van der Waals surface area (Å²) in [5, 5.41) is 2.66. The fourth-order valence-electron chi connectivity index (χ4n) is 1.09. The molecule has 0 radical (unpaired) electrons. The average Bonchev–Trinajstić information content (AvgIpc) is 2.15. The van der Waals surface area contributed by atoms with E-state index in [-0.39, 0.29) is 5.91 Å². The van der Waals surface area contributed by atoms with Crippen molar-refractivity contribution >= 4 is 23.2 Å². The highest BCUT2D eigenvalue weighted by molar-refractivity contribution is 6.28. The molecule has 0 heterocycles. The molecule has 0 aliphatic carbocycles. The number of halogens is 1. The summed E-state index contributed by atoms with van der Waals surface area (Å²) in [6, 6.07) is 7.77. The van der Waals surface area contributed by atoms with E-state index in [0.717, 1.165) is 5.56 Å². The topological polar surface area (TPSA) is 29.1 Å². The van der Waals surface area contributed by atoms with Gasteiger partial charge in [-0.1, -0.05) is 41.4 Å². The number of benzene rings is 1. The number of carbonyl (C=O) groups excluding carboxylic acids is 1. The van der Waals surface area contributed by atoms with E-state index in [2.05, 4.69) is 5.32 Å². The molecule has 1 amide bonds. The quantitative estimate of drug-likeness (QED) is 0.797. The number of amides is 1. The Labute approximate surface area is 88.6 Å². The normalized spacial score (nSPS) is 11.2. The van der Waals surface area contributed by atoms with Crippen molar-refractivity contribution in [3.8, 4) is 0 Å². The van der Waals surface area contributed by atoms with Crippen LogP contribution in [-0.4, -0.2) is 5.91 Å². The van der Waals surface area contributed by atoms with Gasteiger partial charge >= 0.3 is 0 Å². The minimum absolute atomic E-state index is 0.127. The van der Waals surface area contributed by atoms with Gasteiger partial charge in [0.15, 0.2) is 0 Å².